The maximum absolute atomic E-state index is 12.6. The van der Waals surface area contributed by atoms with Crippen LogP contribution in [0.4, 0.5) is 0 Å². The predicted molar refractivity (Wildman–Crippen MR) is 91.9 cm³/mol. The number of nitrogens with zero attached hydrogens (tertiary/aromatic N) is 2. The number of benzene rings is 1. The van der Waals surface area contributed by atoms with Crippen molar-refractivity contribution in [1.82, 2.24) is 9.80 Å². The highest BCUT2D eigenvalue weighted by Crippen LogP contribution is 2.21. The van der Waals surface area contributed by atoms with Crippen LogP contribution < -0.4 is 0 Å². The molecule has 2 heterocycles. The average Bonchev–Trinajstić information content (AvgIpc) is 2.62. The molecule has 0 saturated carbocycles. The van der Waals surface area contributed by atoms with E-state index in [1.807, 2.05) is 34.1 Å². The van der Waals surface area contributed by atoms with Crippen LogP contribution in [-0.2, 0) is 11.3 Å². The molecule has 0 aromatic heterocycles. The number of carbonyl (C=O) groups excluding carboxylic acids is 1. The summed E-state index contributed by atoms with van der Waals surface area (Å²) in [7, 11) is 0. The van der Waals surface area contributed by atoms with E-state index in [-0.39, 0.29) is 5.91 Å². The Hall–Kier alpha value is -1.88. The van der Waals surface area contributed by atoms with Gasteiger partial charge >= 0.3 is 5.97 Å². The van der Waals surface area contributed by atoms with Gasteiger partial charge in [-0.2, -0.15) is 0 Å². The van der Waals surface area contributed by atoms with Crippen molar-refractivity contribution >= 4 is 11.9 Å². The zero-order valence-electron chi connectivity index (χ0n) is 14.1. The van der Waals surface area contributed by atoms with E-state index >= 15 is 0 Å². The standard InChI is InChI=1S/C19H26N2O3/c22-18(20-10-3-1-4-11-20)16-8-6-7-15(13-16)14-21-12-5-2-9-17(21)19(23)24/h6-8,13,17H,1-5,9-12,14H2,(H,23,24). The molecule has 0 radical (unpaired) electrons. The largest absolute Gasteiger partial charge is 0.480 e. The molecule has 2 aliphatic rings. The summed E-state index contributed by atoms with van der Waals surface area (Å²) in [6, 6.07) is 7.29. The van der Waals surface area contributed by atoms with E-state index in [9.17, 15) is 14.7 Å². The van der Waals surface area contributed by atoms with Gasteiger partial charge in [0.05, 0.1) is 0 Å². The molecule has 0 spiro atoms. The third-order valence-electron chi connectivity index (χ3n) is 5.10. The van der Waals surface area contributed by atoms with Crippen molar-refractivity contribution in [2.45, 2.75) is 51.1 Å². The molecule has 5 heteroatoms. The Morgan fingerprint density at radius 2 is 1.79 bits per heavy atom. The molecule has 2 fully saturated rings. The summed E-state index contributed by atoms with van der Waals surface area (Å²) in [6.07, 6.45) is 6.09. The van der Waals surface area contributed by atoms with Crippen molar-refractivity contribution < 1.29 is 14.7 Å². The fourth-order valence-corrected chi connectivity index (χ4v) is 3.78. The number of hydrogen-bond donors (Lipinski definition) is 1. The smallest absolute Gasteiger partial charge is 0.320 e. The van der Waals surface area contributed by atoms with Gasteiger partial charge in [-0.05, 0) is 56.3 Å². The van der Waals surface area contributed by atoms with E-state index in [0.717, 1.165) is 56.4 Å². The molecule has 24 heavy (non-hydrogen) atoms. The molecule has 1 aromatic rings. The van der Waals surface area contributed by atoms with Gasteiger partial charge in [-0.15, -0.1) is 0 Å². The molecular weight excluding hydrogens is 304 g/mol. The highest BCUT2D eigenvalue weighted by molar-refractivity contribution is 5.94. The van der Waals surface area contributed by atoms with Crippen LogP contribution in [0, 0.1) is 0 Å². The summed E-state index contributed by atoms with van der Waals surface area (Å²) in [5, 5.41) is 9.40. The molecule has 1 unspecified atom stereocenters. The molecule has 5 nitrogen and oxygen atoms in total. The van der Waals surface area contributed by atoms with Crippen LogP contribution in [0.5, 0.6) is 0 Å². The van der Waals surface area contributed by atoms with Crippen LogP contribution >= 0.6 is 0 Å². The third-order valence-corrected chi connectivity index (χ3v) is 5.10. The molecule has 1 aromatic carbocycles. The number of amides is 1. The lowest BCUT2D eigenvalue weighted by Gasteiger charge is -2.33. The number of likely N-dealkylation sites (tertiary alicyclic amines) is 2. The van der Waals surface area contributed by atoms with Gasteiger partial charge in [0, 0.05) is 25.2 Å². The van der Waals surface area contributed by atoms with Gasteiger partial charge in [-0.1, -0.05) is 18.6 Å². The molecular formula is C19H26N2O3. The van der Waals surface area contributed by atoms with Crippen molar-refractivity contribution in [3.05, 3.63) is 35.4 Å². The normalized spacial score (nSPS) is 22.3. The highest BCUT2D eigenvalue weighted by atomic mass is 16.4. The summed E-state index contributed by atoms with van der Waals surface area (Å²) in [6.45, 7) is 3.09. The van der Waals surface area contributed by atoms with Crippen LogP contribution in [0.1, 0.15) is 54.4 Å². The number of aliphatic carboxylic acids is 1. The van der Waals surface area contributed by atoms with Gasteiger partial charge < -0.3 is 10.0 Å². The number of carbonyl (C=O) groups is 2. The minimum Gasteiger partial charge on any atom is -0.480 e. The Bertz CT molecular complexity index is 596. The average molecular weight is 330 g/mol. The molecule has 2 saturated heterocycles. The van der Waals surface area contributed by atoms with Gasteiger partial charge in [0.15, 0.2) is 0 Å². The fraction of sp³-hybridized carbons (Fsp3) is 0.579. The fourth-order valence-electron chi connectivity index (χ4n) is 3.78. The van der Waals surface area contributed by atoms with E-state index in [1.54, 1.807) is 0 Å². The lowest BCUT2D eigenvalue weighted by Crippen LogP contribution is -2.44. The first-order chi connectivity index (χ1) is 11.6. The van der Waals surface area contributed by atoms with Gasteiger partial charge in [-0.3, -0.25) is 14.5 Å². The number of carboxylic acids is 1. The second-order valence-corrected chi connectivity index (χ2v) is 6.87. The van der Waals surface area contributed by atoms with Crippen LogP contribution in [0.15, 0.2) is 24.3 Å². The van der Waals surface area contributed by atoms with Crippen molar-refractivity contribution in [2.75, 3.05) is 19.6 Å². The first-order valence-electron chi connectivity index (χ1n) is 9.00. The van der Waals surface area contributed by atoms with Crippen LogP contribution in [0.2, 0.25) is 0 Å². The minimum atomic E-state index is -0.741. The number of hydrogen-bond acceptors (Lipinski definition) is 3. The quantitative estimate of drug-likeness (QED) is 0.922. The monoisotopic (exact) mass is 330 g/mol. The lowest BCUT2D eigenvalue weighted by atomic mass is 10.0. The molecule has 1 N–H and O–H groups in total. The zero-order valence-corrected chi connectivity index (χ0v) is 14.1. The molecule has 0 bridgehead atoms. The van der Waals surface area contributed by atoms with Crippen molar-refractivity contribution in [2.24, 2.45) is 0 Å². The summed E-state index contributed by atoms with van der Waals surface area (Å²) in [5.41, 5.74) is 1.74. The number of rotatable bonds is 4. The summed E-state index contributed by atoms with van der Waals surface area (Å²) in [4.78, 5) is 28.0. The molecule has 1 amide bonds. The van der Waals surface area contributed by atoms with Crippen molar-refractivity contribution in [1.29, 1.82) is 0 Å². The SMILES string of the molecule is O=C(O)C1CCCCN1Cc1cccc(C(=O)N2CCCCC2)c1. The highest BCUT2D eigenvalue weighted by Gasteiger charge is 2.28. The van der Waals surface area contributed by atoms with Gasteiger partial charge in [0.25, 0.3) is 5.91 Å². The maximum atomic E-state index is 12.6. The van der Waals surface area contributed by atoms with Crippen LogP contribution in [0.3, 0.4) is 0 Å². The minimum absolute atomic E-state index is 0.102. The van der Waals surface area contributed by atoms with E-state index in [4.69, 9.17) is 0 Å². The Kier molecular flexibility index (Phi) is 5.51. The predicted octanol–water partition coefficient (Wildman–Crippen LogP) is 2.75. The lowest BCUT2D eigenvalue weighted by molar-refractivity contribution is -0.144. The van der Waals surface area contributed by atoms with E-state index in [1.165, 1.54) is 6.42 Å². The molecule has 2 aliphatic heterocycles. The van der Waals surface area contributed by atoms with Crippen LogP contribution in [-0.4, -0.2) is 52.5 Å². The zero-order chi connectivity index (χ0) is 16.9. The Morgan fingerprint density at radius 1 is 1.04 bits per heavy atom. The van der Waals surface area contributed by atoms with Gasteiger partial charge in [-0.25, -0.2) is 0 Å². The van der Waals surface area contributed by atoms with Crippen molar-refractivity contribution in [3.8, 4) is 0 Å². The first kappa shape index (κ1) is 17.0. The summed E-state index contributed by atoms with van der Waals surface area (Å²) >= 11 is 0. The second kappa shape index (κ2) is 7.79. The van der Waals surface area contributed by atoms with Crippen molar-refractivity contribution in [3.63, 3.8) is 0 Å². The summed E-state index contributed by atoms with van der Waals surface area (Å²) in [5.74, 6) is -0.639. The first-order valence-corrected chi connectivity index (χ1v) is 9.00. The maximum Gasteiger partial charge on any atom is 0.320 e. The Morgan fingerprint density at radius 3 is 2.54 bits per heavy atom. The molecule has 130 valence electrons. The van der Waals surface area contributed by atoms with Crippen LogP contribution in [0.25, 0.3) is 0 Å². The third kappa shape index (κ3) is 3.96. The topological polar surface area (TPSA) is 60.9 Å². The van der Waals surface area contributed by atoms with E-state index in [0.29, 0.717) is 13.0 Å². The molecule has 3 rings (SSSR count). The summed E-state index contributed by atoms with van der Waals surface area (Å²) < 4.78 is 0. The molecule has 0 aliphatic carbocycles. The molecule has 1 atom stereocenters. The van der Waals surface area contributed by atoms with E-state index < -0.39 is 12.0 Å². The van der Waals surface area contributed by atoms with Gasteiger partial charge in [0.1, 0.15) is 6.04 Å². The van der Waals surface area contributed by atoms with E-state index in [2.05, 4.69) is 0 Å². The Labute approximate surface area is 143 Å². The number of piperidine rings is 2. The van der Waals surface area contributed by atoms with Gasteiger partial charge in [0.2, 0.25) is 0 Å². The second-order valence-electron chi connectivity index (χ2n) is 6.87. The number of carboxylic acid groups (broad SMARTS) is 1. The Balaban J connectivity index is 1.70.